The van der Waals surface area contributed by atoms with E-state index >= 15 is 0 Å². The SMILES string of the molecule is N#CC1(Cc2ccc3[nH]c(=O)oc3c2)CCC1. The van der Waals surface area contributed by atoms with Gasteiger partial charge in [0.15, 0.2) is 5.58 Å². The first-order valence-corrected chi connectivity index (χ1v) is 5.74. The maximum absolute atomic E-state index is 11.0. The molecule has 17 heavy (non-hydrogen) atoms. The lowest BCUT2D eigenvalue weighted by molar-refractivity contribution is 0.214. The van der Waals surface area contributed by atoms with Gasteiger partial charge in [-0.15, -0.1) is 0 Å². The van der Waals surface area contributed by atoms with Gasteiger partial charge in [-0.3, -0.25) is 4.98 Å². The number of benzene rings is 1. The summed E-state index contributed by atoms with van der Waals surface area (Å²) in [4.78, 5) is 13.6. The Bertz CT molecular complexity index is 656. The minimum Gasteiger partial charge on any atom is -0.408 e. The number of rotatable bonds is 2. The van der Waals surface area contributed by atoms with Crippen LogP contribution in [0.3, 0.4) is 0 Å². The average molecular weight is 228 g/mol. The largest absolute Gasteiger partial charge is 0.417 e. The van der Waals surface area contributed by atoms with Crippen LogP contribution in [0.2, 0.25) is 0 Å². The molecule has 4 heteroatoms. The number of nitriles is 1. The number of hydrogen-bond donors (Lipinski definition) is 1. The van der Waals surface area contributed by atoms with Crippen molar-refractivity contribution in [3.8, 4) is 6.07 Å². The molecule has 0 bridgehead atoms. The van der Waals surface area contributed by atoms with Gasteiger partial charge >= 0.3 is 5.76 Å². The van der Waals surface area contributed by atoms with Gasteiger partial charge < -0.3 is 4.42 Å². The Labute approximate surface area is 97.9 Å². The van der Waals surface area contributed by atoms with Crippen LogP contribution >= 0.6 is 0 Å². The molecule has 1 saturated carbocycles. The van der Waals surface area contributed by atoms with Crippen molar-refractivity contribution in [1.82, 2.24) is 4.98 Å². The normalized spacial score (nSPS) is 17.6. The van der Waals surface area contributed by atoms with Crippen molar-refractivity contribution in [1.29, 1.82) is 5.26 Å². The molecule has 4 nitrogen and oxygen atoms in total. The number of nitrogens with one attached hydrogen (secondary N) is 1. The van der Waals surface area contributed by atoms with Crippen molar-refractivity contribution < 1.29 is 4.42 Å². The molecule has 1 aliphatic carbocycles. The van der Waals surface area contributed by atoms with Gasteiger partial charge in [0.2, 0.25) is 0 Å². The molecule has 1 fully saturated rings. The molecule has 0 atom stereocenters. The minimum absolute atomic E-state index is 0.190. The molecule has 0 radical (unpaired) electrons. The number of aromatic amines is 1. The molecule has 2 aromatic rings. The van der Waals surface area contributed by atoms with E-state index in [0.29, 0.717) is 11.1 Å². The lowest BCUT2D eigenvalue weighted by Gasteiger charge is -2.35. The van der Waals surface area contributed by atoms with Crippen LogP contribution in [0.25, 0.3) is 11.1 Å². The topological polar surface area (TPSA) is 69.8 Å². The summed E-state index contributed by atoms with van der Waals surface area (Å²) in [5.74, 6) is -0.434. The highest BCUT2D eigenvalue weighted by Gasteiger charge is 2.37. The van der Waals surface area contributed by atoms with E-state index in [1.807, 2.05) is 18.2 Å². The van der Waals surface area contributed by atoms with Crippen LogP contribution < -0.4 is 5.76 Å². The Morgan fingerprint density at radius 3 is 2.94 bits per heavy atom. The molecule has 0 amide bonds. The maximum Gasteiger partial charge on any atom is 0.417 e. The zero-order valence-electron chi connectivity index (χ0n) is 9.32. The fraction of sp³-hybridized carbons (Fsp3) is 0.385. The van der Waals surface area contributed by atoms with E-state index in [1.165, 1.54) is 0 Å². The molecule has 1 N–H and O–H groups in total. The summed E-state index contributed by atoms with van der Waals surface area (Å²) in [6, 6.07) is 8.05. The third kappa shape index (κ3) is 1.64. The number of nitrogens with zero attached hydrogens (tertiary/aromatic N) is 1. The van der Waals surface area contributed by atoms with Crippen LogP contribution in [-0.4, -0.2) is 4.98 Å². The summed E-state index contributed by atoms with van der Waals surface area (Å²) in [6.45, 7) is 0. The number of H-pyrrole nitrogens is 1. The van der Waals surface area contributed by atoms with Gasteiger partial charge in [-0.05, 0) is 37.0 Å². The predicted molar refractivity (Wildman–Crippen MR) is 62.4 cm³/mol. The van der Waals surface area contributed by atoms with Crippen molar-refractivity contribution in [2.24, 2.45) is 5.41 Å². The monoisotopic (exact) mass is 228 g/mol. The maximum atomic E-state index is 11.0. The van der Waals surface area contributed by atoms with Gasteiger partial charge in [0.25, 0.3) is 0 Å². The summed E-state index contributed by atoms with van der Waals surface area (Å²) in [5.41, 5.74) is 2.14. The summed E-state index contributed by atoms with van der Waals surface area (Å²) < 4.78 is 5.01. The fourth-order valence-corrected chi connectivity index (χ4v) is 2.42. The smallest absolute Gasteiger partial charge is 0.408 e. The summed E-state index contributed by atoms with van der Waals surface area (Å²) in [6.07, 6.45) is 3.82. The van der Waals surface area contributed by atoms with E-state index in [-0.39, 0.29) is 5.41 Å². The van der Waals surface area contributed by atoms with E-state index in [1.54, 1.807) is 0 Å². The van der Waals surface area contributed by atoms with Crippen molar-refractivity contribution >= 4 is 11.1 Å². The molecule has 3 rings (SSSR count). The molecule has 1 heterocycles. The molecular formula is C13H12N2O2. The van der Waals surface area contributed by atoms with Crippen molar-refractivity contribution in [2.75, 3.05) is 0 Å². The highest BCUT2D eigenvalue weighted by molar-refractivity contribution is 5.72. The van der Waals surface area contributed by atoms with E-state index in [2.05, 4.69) is 11.1 Å². The summed E-state index contributed by atoms with van der Waals surface area (Å²) in [7, 11) is 0. The Balaban J connectivity index is 1.96. The molecule has 1 aliphatic rings. The molecule has 86 valence electrons. The van der Waals surface area contributed by atoms with Crippen LogP contribution in [0.15, 0.2) is 27.4 Å². The second kappa shape index (κ2) is 3.49. The molecule has 0 spiro atoms. The van der Waals surface area contributed by atoms with Gasteiger partial charge in [-0.25, -0.2) is 4.79 Å². The fourth-order valence-electron chi connectivity index (χ4n) is 2.42. The third-order valence-corrected chi connectivity index (χ3v) is 3.58. The first-order valence-electron chi connectivity index (χ1n) is 5.74. The minimum atomic E-state index is -0.434. The molecule has 1 aromatic heterocycles. The lowest BCUT2D eigenvalue weighted by atomic mass is 9.66. The zero-order valence-corrected chi connectivity index (χ0v) is 9.32. The Morgan fingerprint density at radius 2 is 2.29 bits per heavy atom. The lowest BCUT2D eigenvalue weighted by Crippen LogP contribution is -2.29. The third-order valence-electron chi connectivity index (χ3n) is 3.58. The van der Waals surface area contributed by atoms with Crippen LogP contribution in [0.1, 0.15) is 24.8 Å². The molecule has 1 aromatic carbocycles. The summed E-state index contributed by atoms with van der Waals surface area (Å²) >= 11 is 0. The van der Waals surface area contributed by atoms with Crippen LogP contribution in [-0.2, 0) is 6.42 Å². The Hall–Kier alpha value is -2.02. The standard InChI is InChI=1S/C13H12N2O2/c14-8-13(4-1-5-13)7-9-2-3-10-11(6-9)17-12(16)15-10/h2-3,6H,1,4-5,7H2,(H,15,16). The molecular weight excluding hydrogens is 216 g/mol. The first-order chi connectivity index (χ1) is 8.21. The number of hydrogen-bond acceptors (Lipinski definition) is 3. The average Bonchev–Trinajstić information content (AvgIpc) is 2.63. The second-order valence-corrected chi connectivity index (χ2v) is 4.77. The molecule has 0 unspecified atom stereocenters. The van der Waals surface area contributed by atoms with E-state index in [9.17, 15) is 10.1 Å². The van der Waals surface area contributed by atoms with Crippen molar-refractivity contribution in [3.63, 3.8) is 0 Å². The van der Waals surface area contributed by atoms with E-state index in [4.69, 9.17) is 4.42 Å². The molecule has 0 aliphatic heterocycles. The molecule has 0 saturated heterocycles. The summed E-state index contributed by atoms with van der Waals surface area (Å²) in [5, 5.41) is 9.19. The van der Waals surface area contributed by atoms with Gasteiger partial charge in [-0.2, -0.15) is 5.26 Å². The highest BCUT2D eigenvalue weighted by Crippen LogP contribution is 2.43. The van der Waals surface area contributed by atoms with Gasteiger partial charge in [0, 0.05) is 0 Å². The van der Waals surface area contributed by atoms with Crippen LogP contribution in [0.4, 0.5) is 0 Å². The predicted octanol–water partition coefficient (Wildman–Crippen LogP) is 2.36. The van der Waals surface area contributed by atoms with Crippen LogP contribution in [0.5, 0.6) is 0 Å². The quantitative estimate of drug-likeness (QED) is 0.857. The Kier molecular flexibility index (Phi) is 2.08. The highest BCUT2D eigenvalue weighted by atomic mass is 16.4. The van der Waals surface area contributed by atoms with Gasteiger partial charge in [-0.1, -0.05) is 12.5 Å². The van der Waals surface area contributed by atoms with E-state index in [0.717, 1.165) is 31.2 Å². The second-order valence-electron chi connectivity index (χ2n) is 4.77. The van der Waals surface area contributed by atoms with E-state index < -0.39 is 5.76 Å². The van der Waals surface area contributed by atoms with Gasteiger partial charge in [0.1, 0.15) is 0 Å². The number of fused-ring (bicyclic) bond motifs is 1. The number of oxazole rings is 1. The van der Waals surface area contributed by atoms with Crippen molar-refractivity contribution in [3.05, 3.63) is 34.3 Å². The van der Waals surface area contributed by atoms with Crippen molar-refractivity contribution in [2.45, 2.75) is 25.7 Å². The first kappa shape index (κ1) is 10.2. The Morgan fingerprint density at radius 1 is 1.47 bits per heavy atom. The number of aromatic nitrogens is 1. The zero-order chi connectivity index (χ0) is 11.9. The van der Waals surface area contributed by atoms with Crippen LogP contribution in [0, 0.1) is 16.7 Å². The van der Waals surface area contributed by atoms with Gasteiger partial charge in [0.05, 0.1) is 17.0 Å².